The number of carbonyl (C=O) groups excluding carboxylic acids is 1. The number of fused-ring (bicyclic) bond motifs is 1. The molecule has 1 aliphatic heterocycles. The SMILES string of the molecule is CCOC1CC(N)(C(=O)NC2COc3ccccc32)C1(C)C.Cl. The zero-order valence-electron chi connectivity index (χ0n) is 13.8. The predicted molar refractivity (Wildman–Crippen MR) is 90.8 cm³/mol. The summed E-state index contributed by atoms with van der Waals surface area (Å²) in [6.07, 6.45) is 0.579. The molecular weight excluding hydrogens is 316 g/mol. The topological polar surface area (TPSA) is 73.6 Å². The lowest BCUT2D eigenvalue weighted by Gasteiger charge is -2.57. The molecule has 128 valence electrons. The van der Waals surface area contributed by atoms with Crippen molar-refractivity contribution < 1.29 is 14.3 Å². The smallest absolute Gasteiger partial charge is 0.241 e. The highest BCUT2D eigenvalue weighted by molar-refractivity contribution is 5.89. The first-order valence-electron chi connectivity index (χ1n) is 7.83. The molecule has 1 aromatic carbocycles. The highest BCUT2D eigenvalue weighted by atomic mass is 35.5. The Balaban J connectivity index is 0.00000192. The van der Waals surface area contributed by atoms with Crippen molar-refractivity contribution in [3.63, 3.8) is 0 Å². The van der Waals surface area contributed by atoms with Crippen LogP contribution >= 0.6 is 12.4 Å². The number of para-hydroxylation sites is 1. The van der Waals surface area contributed by atoms with E-state index in [4.69, 9.17) is 15.2 Å². The molecule has 2 aliphatic rings. The fourth-order valence-electron chi connectivity index (χ4n) is 3.39. The number of amides is 1. The number of carbonyl (C=O) groups is 1. The van der Waals surface area contributed by atoms with Crippen LogP contribution in [0.4, 0.5) is 0 Å². The molecule has 0 saturated heterocycles. The number of halogens is 1. The summed E-state index contributed by atoms with van der Waals surface area (Å²) in [5.74, 6) is 0.706. The van der Waals surface area contributed by atoms with Gasteiger partial charge in [-0.3, -0.25) is 4.79 Å². The van der Waals surface area contributed by atoms with Crippen LogP contribution in [0.2, 0.25) is 0 Å². The van der Waals surface area contributed by atoms with Crippen molar-refractivity contribution in [1.29, 1.82) is 0 Å². The standard InChI is InChI=1S/C17H24N2O3.ClH/c1-4-21-14-9-17(18,16(14,2)3)15(20)19-12-10-22-13-8-6-5-7-11(12)13;/h5-8,12,14H,4,9-10,18H2,1-3H3,(H,19,20);1H. The van der Waals surface area contributed by atoms with Gasteiger partial charge in [-0.2, -0.15) is 0 Å². The van der Waals surface area contributed by atoms with E-state index >= 15 is 0 Å². The summed E-state index contributed by atoms with van der Waals surface area (Å²) >= 11 is 0. The van der Waals surface area contributed by atoms with Crippen LogP contribution < -0.4 is 15.8 Å². The lowest BCUT2D eigenvalue weighted by Crippen LogP contribution is -2.75. The summed E-state index contributed by atoms with van der Waals surface area (Å²) in [7, 11) is 0. The summed E-state index contributed by atoms with van der Waals surface area (Å²) < 4.78 is 11.3. The van der Waals surface area contributed by atoms with E-state index in [2.05, 4.69) is 5.32 Å². The van der Waals surface area contributed by atoms with Crippen LogP contribution in [-0.4, -0.2) is 30.8 Å². The quantitative estimate of drug-likeness (QED) is 0.881. The summed E-state index contributed by atoms with van der Waals surface area (Å²) in [6, 6.07) is 7.63. The maximum atomic E-state index is 12.7. The number of hydrogen-bond donors (Lipinski definition) is 2. The number of nitrogens with two attached hydrogens (primary N) is 1. The van der Waals surface area contributed by atoms with Crippen molar-refractivity contribution in [3.8, 4) is 5.75 Å². The minimum Gasteiger partial charge on any atom is -0.491 e. The molecule has 3 atom stereocenters. The van der Waals surface area contributed by atoms with Crippen LogP contribution in [0.25, 0.3) is 0 Å². The van der Waals surface area contributed by atoms with Crippen LogP contribution in [0.5, 0.6) is 5.75 Å². The van der Waals surface area contributed by atoms with Gasteiger partial charge in [-0.1, -0.05) is 32.0 Å². The molecule has 0 bridgehead atoms. The van der Waals surface area contributed by atoms with E-state index < -0.39 is 5.54 Å². The largest absolute Gasteiger partial charge is 0.491 e. The van der Waals surface area contributed by atoms with Gasteiger partial charge in [0.15, 0.2) is 0 Å². The van der Waals surface area contributed by atoms with Gasteiger partial charge in [0.25, 0.3) is 0 Å². The normalized spacial score (nSPS) is 30.4. The number of nitrogens with one attached hydrogen (secondary N) is 1. The third-order valence-electron chi connectivity index (χ3n) is 5.24. The molecule has 6 heteroatoms. The minimum absolute atomic E-state index is 0. The zero-order chi connectivity index (χ0) is 16.0. The monoisotopic (exact) mass is 340 g/mol. The molecule has 3 rings (SSSR count). The second-order valence-electron chi connectivity index (χ2n) is 6.72. The Kier molecular flexibility index (Phi) is 4.95. The maximum absolute atomic E-state index is 12.7. The average molecular weight is 341 g/mol. The van der Waals surface area contributed by atoms with E-state index in [1.165, 1.54) is 0 Å². The molecule has 0 radical (unpaired) electrons. The summed E-state index contributed by atoms with van der Waals surface area (Å²) in [5.41, 5.74) is 6.14. The first-order valence-corrected chi connectivity index (χ1v) is 7.83. The Hall–Kier alpha value is -1.30. The fourth-order valence-corrected chi connectivity index (χ4v) is 3.39. The molecule has 3 N–H and O–H groups in total. The van der Waals surface area contributed by atoms with Crippen molar-refractivity contribution in [3.05, 3.63) is 29.8 Å². The fraction of sp³-hybridized carbons (Fsp3) is 0.588. The molecule has 1 heterocycles. The van der Waals surface area contributed by atoms with Crippen LogP contribution in [0.1, 0.15) is 38.8 Å². The highest BCUT2D eigenvalue weighted by Gasteiger charge is 2.63. The lowest BCUT2D eigenvalue weighted by atomic mass is 9.54. The first-order chi connectivity index (χ1) is 10.4. The van der Waals surface area contributed by atoms with Gasteiger partial charge in [0.05, 0.1) is 12.1 Å². The van der Waals surface area contributed by atoms with Crippen molar-refractivity contribution in [2.24, 2.45) is 11.1 Å². The van der Waals surface area contributed by atoms with E-state index in [9.17, 15) is 4.79 Å². The van der Waals surface area contributed by atoms with Gasteiger partial charge in [-0.15, -0.1) is 12.4 Å². The van der Waals surface area contributed by atoms with Crippen molar-refractivity contribution in [2.45, 2.75) is 44.9 Å². The van der Waals surface area contributed by atoms with Crippen molar-refractivity contribution >= 4 is 18.3 Å². The molecule has 1 aromatic rings. The maximum Gasteiger partial charge on any atom is 0.241 e. The molecule has 23 heavy (non-hydrogen) atoms. The summed E-state index contributed by atoms with van der Waals surface area (Å²) in [4.78, 5) is 12.7. The molecular formula is C17H25ClN2O3. The molecule has 3 unspecified atom stereocenters. The van der Waals surface area contributed by atoms with Gasteiger partial charge in [0.1, 0.15) is 17.9 Å². The first kappa shape index (κ1) is 18.0. The molecule has 1 saturated carbocycles. The Morgan fingerprint density at radius 2 is 2.13 bits per heavy atom. The Bertz CT molecular complexity index is 593. The van der Waals surface area contributed by atoms with E-state index in [1.54, 1.807) is 0 Å². The van der Waals surface area contributed by atoms with Crippen molar-refractivity contribution in [1.82, 2.24) is 5.32 Å². The molecule has 5 nitrogen and oxygen atoms in total. The second kappa shape index (κ2) is 6.30. The van der Waals surface area contributed by atoms with E-state index in [-0.39, 0.29) is 35.9 Å². The Labute approximate surface area is 143 Å². The van der Waals surface area contributed by atoms with Gasteiger partial charge < -0.3 is 20.5 Å². The average Bonchev–Trinajstić information content (AvgIpc) is 2.90. The zero-order valence-corrected chi connectivity index (χ0v) is 14.6. The molecule has 1 amide bonds. The Morgan fingerprint density at radius 1 is 1.43 bits per heavy atom. The van der Waals surface area contributed by atoms with Crippen LogP contribution in [0.3, 0.4) is 0 Å². The predicted octanol–water partition coefficient (Wildman–Crippen LogP) is 2.19. The van der Waals surface area contributed by atoms with Crippen molar-refractivity contribution in [2.75, 3.05) is 13.2 Å². The number of rotatable bonds is 4. The van der Waals surface area contributed by atoms with Crippen LogP contribution in [0.15, 0.2) is 24.3 Å². The highest BCUT2D eigenvalue weighted by Crippen LogP contribution is 2.50. The van der Waals surface area contributed by atoms with Crippen LogP contribution in [0, 0.1) is 5.41 Å². The minimum atomic E-state index is -0.898. The molecule has 1 fully saturated rings. The number of hydrogen-bond acceptors (Lipinski definition) is 4. The van der Waals surface area contributed by atoms with E-state index in [1.807, 2.05) is 45.0 Å². The van der Waals surface area contributed by atoms with E-state index in [0.717, 1.165) is 11.3 Å². The third-order valence-corrected chi connectivity index (χ3v) is 5.24. The third kappa shape index (κ3) is 2.71. The summed E-state index contributed by atoms with van der Waals surface area (Å²) in [6.45, 7) is 7.04. The Morgan fingerprint density at radius 3 is 2.78 bits per heavy atom. The molecule has 0 spiro atoms. The van der Waals surface area contributed by atoms with Gasteiger partial charge in [-0.25, -0.2) is 0 Å². The number of ether oxygens (including phenoxy) is 2. The number of benzene rings is 1. The second-order valence-corrected chi connectivity index (χ2v) is 6.72. The molecule has 0 aromatic heterocycles. The summed E-state index contributed by atoms with van der Waals surface area (Å²) in [5, 5.41) is 3.05. The van der Waals surface area contributed by atoms with Gasteiger partial charge in [0.2, 0.25) is 5.91 Å². The molecule has 1 aliphatic carbocycles. The van der Waals surface area contributed by atoms with Gasteiger partial charge >= 0.3 is 0 Å². The van der Waals surface area contributed by atoms with Gasteiger partial charge in [-0.05, 0) is 13.0 Å². The van der Waals surface area contributed by atoms with Gasteiger partial charge in [0, 0.05) is 24.0 Å². The van der Waals surface area contributed by atoms with Crippen LogP contribution in [-0.2, 0) is 9.53 Å². The van der Waals surface area contributed by atoms with E-state index in [0.29, 0.717) is 19.6 Å². The lowest BCUT2D eigenvalue weighted by molar-refractivity contribution is -0.171.